The molecule has 4 nitrogen and oxygen atoms in total. The van der Waals surface area contributed by atoms with Crippen LogP contribution in [0.5, 0.6) is 0 Å². The Kier molecular flexibility index (Phi) is 2.61. The number of hydrogen-bond acceptors (Lipinski definition) is 3. The van der Waals surface area contributed by atoms with Crippen molar-refractivity contribution in [2.24, 2.45) is 11.8 Å². The molecule has 1 heterocycles. The number of ether oxygens (including phenoxy) is 1. The van der Waals surface area contributed by atoms with Gasteiger partial charge < -0.3 is 9.84 Å². The van der Waals surface area contributed by atoms with Gasteiger partial charge in [0.05, 0.1) is 0 Å². The molecule has 0 radical (unpaired) electrons. The molecule has 0 aromatic heterocycles. The van der Waals surface area contributed by atoms with Crippen molar-refractivity contribution in [1.82, 2.24) is 4.90 Å². The molecule has 1 aliphatic heterocycles. The number of hydrogen-bond donors (Lipinski definition) is 1. The highest BCUT2D eigenvalue weighted by Crippen LogP contribution is 2.64. The minimum Gasteiger partial charge on any atom is -0.444 e. The van der Waals surface area contributed by atoms with Crippen molar-refractivity contribution in [1.29, 1.82) is 0 Å². The summed E-state index contributed by atoms with van der Waals surface area (Å²) in [6, 6.07) is 0. The first-order valence-electron chi connectivity index (χ1n) is 5.20. The number of likely N-dealkylation sites (tertiary alicyclic amines) is 1. The summed E-state index contributed by atoms with van der Waals surface area (Å²) in [5, 5.41) is 9.86. The van der Waals surface area contributed by atoms with E-state index in [-0.39, 0.29) is 11.8 Å². The first-order chi connectivity index (χ1) is 7.14. The van der Waals surface area contributed by atoms with E-state index < -0.39 is 22.3 Å². The average Bonchev–Trinajstić information content (AvgIpc) is 2.45. The van der Waals surface area contributed by atoms with E-state index in [9.17, 15) is 9.90 Å². The van der Waals surface area contributed by atoms with Crippen LogP contribution >= 0.6 is 23.2 Å². The van der Waals surface area contributed by atoms with Gasteiger partial charge in [0, 0.05) is 18.4 Å². The van der Waals surface area contributed by atoms with E-state index in [2.05, 4.69) is 0 Å². The largest absolute Gasteiger partial charge is 0.444 e. The van der Waals surface area contributed by atoms with Gasteiger partial charge in [0.1, 0.15) is 16.2 Å². The number of aliphatic hydroxyl groups is 1. The predicted octanol–water partition coefficient (Wildman–Crippen LogP) is 1.98. The van der Waals surface area contributed by atoms with Crippen LogP contribution in [-0.2, 0) is 4.74 Å². The monoisotopic (exact) mass is 267 g/mol. The van der Waals surface area contributed by atoms with E-state index in [1.54, 1.807) is 20.8 Å². The summed E-state index contributed by atoms with van der Waals surface area (Å²) in [7, 11) is 0. The number of piperidine rings is 1. The third-order valence-corrected chi connectivity index (χ3v) is 3.99. The Labute approximate surface area is 104 Å². The second kappa shape index (κ2) is 3.40. The third-order valence-electron chi connectivity index (χ3n) is 2.93. The highest BCUT2D eigenvalue weighted by molar-refractivity contribution is 6.51. The Morgan fingerprint density at radius 3 is 2.44 bits per heavy atom. The van der Waals surface area contributed by atoms with E-state index in [1.807, 2.05) is 0 Å². The maximum absolute atomic E-state index is 11.7. The normalized spacial score (nSPS) is 35.9. The lowest BCUT2D eigenvalue weighted by atomic mass is 10.2. The summed E-state index contributed by atoms with van der Waals surface area (Å²) < 4.78 is 4.29. The Morgan fingerprint density at radius 1 is 1.50 bits per heavy atom. The van der Waals surface area contributed by atoms with Crippen molar-refractivity contribution in [3.63, 3.8) is 0 Å². The van der Waals surface area contributed by atoms with Gasteiger partial charge in [-0.05, 0) is 20.8 Å². The fourth-order valence-electron chi connectivity index (χ4n) is 2.08. The Morgan fingerprint density at radius 2 is 2.06 bits per heavy atom. The van der Waals surface area contributed by atoms with Gasteiger partial charge in [-0.3, -0.25) is 4.90 Å². The van der Waals surface area contributed by atoms with E-state index in [0.29, 0.717) is 6.54 Å². The van der Waals surface area contributed by atoms with Crippen molar-refractivity contribution >= 4 is 29.3 Å². The topological polar surface area (TPSA) is 49.8 Å². The average molecular weight is 268 g/mol. The van der Waals surface area contributed by atoms with Gasteiger partial charge in [0.15, 0.2) is 0 Å². The van der Waals surface area contributed by atoms with Crippen LogP contribution < -0.4 is 0 Å². The molecule has 1 N–H and O–H groups in total. The number of aliphatic hydroxyl groups excluding tert-OH is 1. The van der Waals surface area contributed by atoms with Gasteiger partial charge in [0.25, 0.3) is 0 Å². The zero-order chi connectivity index (χ0) is 12.3. The van der Waals surface area contributed by atoms with Crippen LogP contribution in [0, 0.1) is 11.8 Å². The third kappa shape index (κ3) is 1.87. The predicted molar refractivity (Wildman–Crippen MR) is 60.4 cm³/mol. The van der Waals surface area contributed by atoms with E-state index in [0.717, 1.165) is 0 Å². The zero-order valence-electron chi connectivity index (χ0n) is 9.41. The highest BCUT2D eigenvalue weighted by atomic mass is 35.5. The van der Waals surface area contributed by atoms with Crippen molar-refractivity contribution in [2.75, 3.05) is 6.54 Å². The number of carbonyl (C=O) groups is 1. The molecule has 0 bridgehead atoms. The Bertz CT molecular complexity index is 327. The van der Waals surface area contributed by atoms with Crippen molar-refractivity contribution in [3.05, 3.63) is 0 Å². The molecule has 1 saturated heterocycles. The SMILES string of the molecule is CC(C)(C)OC(=O)N1CC2C(C1O)C2(Cl)Cl. The summed E-state index contributed by atoms with van der Waals surface area (Å²) in [5.74, 6) is -0.290. The maximum Gasteiger partial charge on any atom is 0.412 e. The van der Waals surface area contributed by atoms with Gasteiger partial charge in [-0.1, -0.05) is 0 Å². The van der Waals surface area contributed by atoms with E-state index in [4.69, 9.17) is 27.9 Å². The fraction of sp³-hybridized carbons (Fsp3) is 0.900. The molecule has 0 spiro atoms. The molecule has 16 heavy (non-hydrogen) atoms. The number of fused-ring (bicyclic) bond motifs is 1. The number of nitrogens with zero attached hydrogens (tertiary/aromatic N) is 1. The summed E-state index contributed by atoms with van der Waals surface area (Å²) in [4.78, 5) is 13.0. The fourth-order valence-corrected chi connectivity index (χ4v) is 2.89. The number of halogens is 2. The highest BCUT2D eigenvalue weighted by Gasteiger charge is 2.72. The molecule has 1 aliphatic carbocycles. The van der Waals surface area contributed by atoms with E-state index >= 15 is 0 Å². The molecule has 92 valence electrons. The number of carbonyl (C=O) groups excluding carboxylic acids is 1. The van der Waals surface area contributed by atoms with Crippen molar-refractivity contribution in [2.45, 2.75) is 36.9 Å². The lowest BCUT2D eigenvalue weighted by Gasteiger charge is -2.29. The number of rotatable bonds is 0. The first kappa shape index (κ1) is 12.3. The Balaban J connectivity index is 1.98. The quantitative estimate of drug-likeness (QED) is 0.683. The van der Waals surface area contributed by atoms with Crippen molar-refractivity contribution in [3.8, 4) is 0 Å². The molecular weight excluding hydrogens is 253 g/mol. The van der Waals surface area contributed by atoms with E-state index in [1.165, 1.54) is 4.90 Å². The summed E-state index contributed by atoms with van der Waals surface area (Å²) in [5.41, 5.74) is -0.567. The molecule has 0 aromatic rings. The molecule has 0 aromatic carbocycles. The van der Waals surface area contributed by atoms with Gasteiger partial charge >= 0.3 is 6.09 Å². The van der Waals surface area contributed by atoms with Crippen LogP contribution in [0.15, 0.2) is 0 Å². The lowest BCUT2D eigenvalue weighted by Crippen LogP contribution is -2.43. The van der Waals surface area contributed by atoms with Gasteiger partial charge in [-0.15, -0.1) is 23.2 Å². The molecular formula is C10H15Cl2NO3. The smallest absolute Gasteiger partial charge is 0.412 e. The second-order valence-corrected chi connectivity index (χ2v) is 6.80. The minimum atomic E-state index is -0.935. The lowest BCUT2D eigenvalue weighted by molar-refractivity contribution is -0.0239. The van der Waals surface area contributed by atoms with Gasteiger partial charge in [-0.2, -0.15) is 0 Å². The molecule has 3 unspecified atom stereocenters. The molecule has 1 amide bonds. The van der Waals surface area contributed by atoms with Crippen LogP contribution in [0.1, 0.15) is 20.8 Å². The minimum absolute atomic E-state index is 0.0432. The van der Waals surface area contributed by atoms with Crippen LogP contribution in [0.3, 0.4) is 0 Å². The van der Waals surface area contributed by atoms with Gasteiger partial charge in [0.2, 0.25) is 0 Å². The zero-order valence-corrected chi connectivity index (χ0v) is 10.9. The van der Waals surface area contributed by atoms with Crippen LogP contribution in [0.2, 0.25) is 0 Å². The van der Waals surface area contributed by atoms with Gasteiger partial charge in [-0.25, -0.2) is 4.79 Å². The summed E-state index contributed by atoms with van der Waals surface area (Å²) in [6.07, 6.45) is -1.45. The second-order valence-electron chi connectivity index (χ2n) is 5.35. The van der Waals surface area contributed by atoms with Crippen molar-refractivity contribution < 1.29 is 14.6 Å². The Hall–Kier alpha value is -0.190. The summed E-state index contributed by atoms with van der Waals surface area (Å²) in [6.45, 7) is 5.69. The maximum atomic E-state index is 11.7. The summed E-state index contributed by atoms with van der Waals surface area (Å²) >= 11 is 11.9. The molecule has 1 saturated carbocycles. The molecule has 2 rings (SSSR count). The van der Waals surface area contributed by atoms with Crippen LogP contribution in [0.25, 0.3) is 0 Å². The first-order valence-corrected chi connectivity index (χ1v) is 5.95. The van der Waals surface area contributed by atoms with Crippen LogP contribution in [-0.4, -0.2) is 38.8 Å². The molecule has 2 aliphatic rings. The standard InChI is InChI=1S/C10H15Cl2NO3/c1-9(2,3)16-8(15)13-4-5-6(7(13)14)10(5,11)12/h5-7,14H,4H2,1-3H3. The molecule has 2 fully saturated rings. The number of amides is 1. The molecule has 3 atom stereocenters. The van der Waals surface area contributed by atoms with Crippen LogP contribution in [0.4, 0.5) is 4.79 Å². The molecule has 6 heteroatoms. The number of alkyl halides is 2.